The number of aromatic nitrogens is 2. The lowest BCUT2D eigenvalue weighted by molar-refractivity contribution is 0.108. The minimum absolute atomic E-state index is 0.0883. The lowest BCUT2D eigenvalue weighted by Gasteiger charge is -2.13. The predicted molar refractivity (Wildman–Crippen MR) is 109 cm³/mol. The van der Waals surface area contributed by atoms with Gasteiger partial charge in [-0.3, -0.25) is 9.13 Å². The van der Waals surface area contributed by atoms with E-state index in [2.05, 4.69) is 5.32 Å². The van der Waals surface area contributed by atoms with Crippen LogP contribution < -0.4 is 15.7 Å². The third kappa shape index (κ3) is 4.44. The van der Waals surface area contributed by atoms with Crippen LogP contribution in [0, 0.1) is 0 Å². The Hall–Kier alpha value is -2.61. The molecule has 0 saturated heterocycles. The first-order chi connectivity index (χ1) is 13.5. The van der Waals surface area contributed by atoms with Crippen molar-refractivity contribution >= 4 is 11.0 Å². The Balaban J connectivity index is 1.59. The van der Waals surface area contributed by atoms with E-state index < -0.39 is 6.10 Å². The third-order valence-electron chi connectivity index (χ3n) is 4.82. The molecule has 2 aromatic carbocycles. The maximum absolute atomic E-state index is 12.0. The molecule has 0 bridgehead atoms. The van der Waals surface area contributed by atoms with Crippen LogP contribution in [0.15, 0.2) is 47.3 Å². The summed E-state index contributed by atoms with van der Waals surface area (Å²) >= 11 is 0. The van der Waals surface area contributed by atoms with Crippen LogP contribution in [0.1, 0.15) is 17.2 Å². The number of nitrogens with one attached hydrogen (secondary N) is 1. The fourth-order valence-corrected chi connectivity index (χ4v) is 3.11. The molecule has 28 heavy (non-hydrogen) atoms. The van der Waals surface area contributed by atoms with Crippen molar-refractivity contribution in [1.29, 1.82) is 0 Å². The molecule has 1 heterocycles. The molecule has 0 fully saturated rings. The minimum atomic E-state index is -0.782. The Morgan fingerprint density at radius 3 is 2.50 bits per heavy atom. The number of imidazole rings is 1. The molecular weight excluding hydrogens is 358 g/mol. The maximum atomic E-state index is 12.0. The van der Waals surface area contributed by atoms with Crippen molar-refractivity contribution in [3.63, 3.8) is 0 Å². The van der Waals surface area contributed by atoms with Crippen molar-refractivity contribution in [3.8, 4) is 5.75 Å². The first kappa shape index (κ1) is 20.1. The van der Waals surface area contributed by atoms with Gasteiger partial charge in [-0.1, -0.05) is 18.2 Å². The van der Waals surface area contributed by atoms with Gasteiger partial charge in [-0.2, -0.15) is 0 Å². The summed E-state index contributed by atoms with van der Waals surface area (Å²) in [6.45, 7) is 2.39. The van der Waals surface area contributed by atoms with Crippen molar-refractivity contribution < 1.29 is 14.6 Å². The van der Waals surface area contributed by atoms with Gasteiger partial charge in [0.1, 0.15) is 18.5 Å². The van der Waals surface area contributed by atoms with Crippen LogP contribution in [0.4, 0.5) is 0 Å². The van der Waals surface area contributed by atoms with E-state index in [1.165, 1.54) is 0 Å². The smallest absolute Gasteiger partial charge is 0.328 e. The first-order valence-electron chi connectivity index (χ1n) is 9.26. The zero-order valence-corrected chi connectivity index (χ0v) is 16.5. The summed E-state index contributed by atoms with van der Waals surface area (Å²) in [4.78, 5) is 12.0. The van der Waals surface area contributed by atoms with Crippen LogP contribution in [0.2, 0.25) is 0 Å². The van der Waals surface area contributed by atoms with E-state index in [4.69, 9.17) is 9.47 Å². The largest absolute Gasteiger partial charge is 0.491 e. The second-order valence-corrected chi connectivity index (χ2v) is 6.79. The standard InChI is InChI=1S/C21H27N3O4/c1-23-18-9-6-16(12-19(18)24(2)21(23)26)20(25)14-28-17-7-4-15(5-8-17)13-22-10-11-27-3/h4-9,12,20,22,25H,10-11,13-14H2,1-3H3. The average molecular weight is 385 g/mol. The molecule has 0 spiro atoms. The zero-order chi connectivity index (χ0) is 20.1. The molecule has 1 unspecified atom stereocenters. The van der Waals surface area contributed by atoms with Crippen LogP contribution in [0.3, 0.4) is 0 Å². The minimum Gasteiger partial charge on any atom is -0.491 e. The van der Waals surface area contributed by atoms with Crippen molar-refractivity contribution in [1.82, 2.24) is 14.5 Å². The van der Waals surface area contributed by atoms with E-state index in [-0.39, 0.29) is 12.3 Å². The monoisotopic (exact) mass is 385 g/mol. The molecule has 3 rings (SSSR count). The highest BCUT2D eigenvalue weighted by molar-refractivity contribution is 5.76. The summed E-state index contributed by atoms with van der Waals surface area (Å²) in [5, 5.41) is 13.8. The van der Waals surface area contributed by atoms with Crippen molar-refractivity contribution in [2.45, 2.75) is 12.6 Å². The van der Waals surface area contributed by atoms with E-state index in [1.54, 1.807) is 30.3 Å². The van der Waals surface area contributed by atoms with Crippen LogP contribution >= 0.6 is 0 Å². The topological polar surface area (TPSA) is 77.7 Å². The summed E-state index contributed by atoms with van der Waals surface area (Å²) in [5.41, 5.74) is 3.40. The molecule has 3 aromatic rings. The molecule has 2 N–H and O–H groups in total. The van der Waals surface area contributed by atoms with Gasteiger partial charge in [0.15, 0.2) is 0 Å². The number of aliphatic hydroxyl groups is 1. The molecule has 1 aromatic heterocycles. The SMILES string of the molecule is COCCNCc1ccc(OCC(O)c2ccc3c(c2)n(C)c(=O)n3C)cc1. The summed E-state index contributed by atoms with van der Waals surface area (Å²) in [6, 6.07) is 13.3. The number of methoxy groups -OCH3 is 1. The van der Waals surface area contributed by atoms with E-state index in [9.17, 15) is 9.90 Å². The number of ether oxygens (including phenoxy) is 2. The molecular formula is C21H27N3O4. The quantitative estimate of drug-likeness (QED) is 0.549. The Bertz CT molecular complexity index is 976. The first-order valence-corrected chi connectivity index (χ1v) is 9.26. The van der Waals surface area contributed by atoms with Gasteiger partial charge >= 0.3 is 5.69 Å². The Morgan fingerprint density at radius 1 is 1.07 bits per heavy atom. The van der Waals surface area contributed by atoms with Gasteiger partial charge in [-0.15, -0.1) is 0 Å². The molecule has 0 aliphatic rings. The molecule has 0 saturated carbocycles. The number of hydrogen-bond acceptors (Lipinski definition) is 5. The number of fused-ring (bicyclic) bond motifs is 1. The fraction of sp³-hybridized carbons (Fsp3) is 0.381. The average Bonchev–Trinajstić information content (AvgIpc) is 2.94. The highest BCUT2D eigenvalue weighted by Crippen LogP contribution is 2.21. The van der Waals surface area contributed by atoms with Crippen LogP contribution in [0.25, 0.3) is 11.0 Å². The Labute approximate surface area is 164 Å². The number of hydrogen-bond donors (Lipinski definition) is 2. The highest BCUT2D eigenvalue weighted by Gasteiger charge is 2.13. The molecule has 0 aliphatic heterocycles. The Morgan fingerprint density at radius 2 is 1.79 bits per heavy atom. The molecule has 0 amide bonds. The summed E-state index contributed by atoms with van der Waals surface area (Å²) in [6.07, 6.45) is -0.782. The second-order valence-electron chi connectivity index (χ2n) is 6.79. The number of nitrogens with zero attached hydrogens (tertiary/aromatic N) is 2. The predicted octanol–water partition coefficient (Wildman–Crippen LogP) is 1.73. The van der Waals surface area contributed by atoms with E-state index in [1.807, 2.05) is 42.5 Å². The Kier molecular flexibility index (Phi) is 6.51. The highest BCUT2D eigenvalue weighted by atomic mass is 16.5. The van der Waals surface area contributed by atoms with Gasteiger partial charge in [0.25, 0.3) is 0 Å². The van der Waals surface area contributed by atoms with E-state index in [0.29, 0.717) is 17.9 Å². The normalized spacial score (nSPS) is 12.4. The van der Waals surface area contributed by atoms with Crippen molar-refractivity contribution in [2.75, 3.05) is 26.9 Å². The molecule has 0 aliphatic carbocycles. The maximum Gasteiger partial charge on any atom is 0.328 e. The van der Waals surface area contributed by atoms with Gasteiger partial charge in [-0.25, -0.2) is 4.79 Å². The fourth-order valence-electron chi connectivity index (χ4n) is 3.11. The van der Waals surface area contributed by atoms with E-state index in [0.717, 1.165) is 29.7 Å². The van der Waals surface area contributed by atoms with Crippen LogP contribution in [0.5, 0.6) is 5.75 Å². The van der Waals surface area contributed by atoms with Crippen LogP contribution in [-0.4, -0.2) is 41.1 Å². The van der Waals surface area contributed by atoms with E-state index >= 15 is 0 Å². The number of aryl methyl sites for hydroxylation is 2. The van der Waals surface area contributed by atoms with Gasteiger partial charge < -0.3 is 19.9 Å². The van der Waals surface area contributed by atoms with Gasteiger partial charge in [0.2, 0.25) is 0 Å². The lowest BCUT2D eigenvalue weighted by Crippen LogP contribution is -2.19. The van der Waals surface area contributed by atoms with Crippen molar-refractivity contribution in [3.05, 3.63) is 64.1 Å². The lowest BCUT2D eigenvalue weighted by atomic mass is 10.1. The molecule has 150 valence electrons. The van der Waals surface area contributed by atoms with Crippen molar-refractivity contribution in [2.24, 2.45) is 14.1 Å². The number of rotatable bonds is 9. The van der Waals surface area contributed by atoms with Gasteiger partial charge in [0, 0.05) is 34.3 Å². The molecule has 7 heteroatoms. The molecule has 0 radical (unpaired) electrons. The van der Waals surface area contributed by atoms with Crippen LogP contribution in [-0.2, 0) is 25.4 Å². The molecule has 1 atom stereocenters. The number of benzene rings is 2. The summed E-state index contributed by atoms with van der Waals surface area (Å²) in [5.74, 6) is 0.702. The summed E-state index contributed by atoms with van der Waals surface area (Å²) in [7, 11) is 5.14. The zero-order valence-electron chi connectivity index (χ0n) is 16.5. The summed E-state index contributed by atoms with van der Waals surface area (Å²) < 4.78 is 13.9. The number of aliphatic hydroxyl groups excluding tert-OH is 1. The molecule has 7 nitrogen and oxygen atoms in total. The second kappa shape index (κ2) is 9.05. The van der Waals surface area contributed by atoms with Gasteiger partial charge in [0.05, 0.1) is 17.6 Å². The third-order valence-corrected chi connectivity index (χ3v) is 4.82. The van der Waals surface area contributed by atoms with Gasteiger partial charge in [-0.05, 0) is 35.4 Å².